The summed E-state index contributed by atoms with van der Waals surface area (Å²) >= 11 is 0. The van der Waals surface area contributed by atoms with E-state index < -0.39 is 0 Å². The summed E-state index contributed by atoms with van der Waals surface area (Å²) in [4.78, 5) is 0. The molecular formula is C12H21N3. The Morgan fingerprint density at radius 1 is 1.53 bits per heavy atom. The average molecular weight is 207 g/mol. The Morgan fingerprint density at radius 2 is 2.40 bits per heavy atom. The van der Waals surface area contributed by atoms with Crippen molar-refractivity contribution in [3.05, 3.63) is 18.0 Å². The molecule has 2 rings (SSSR count). The molecule has 0 radical (unpaired) electrons. The first-order valence-corrected chi connectivity index (χ1v) is 6.00. The highest BCUT2D eigenvalue weighted by atomic mass is 15.3. The molecule has 0 aliphatic heterocycles. The van der Waals surface area contributed by atoms with Crippen molar-refractivity contribution in [3.63, 3.8) is 0 Å². The second-order valence-electron chi connectivity index (χ2n) is 4.57. The lowest BCUT2D eigenvalue weighted by molar-refractivity contribution is 0.509. The van der Waals surface area contributed by atoms with Gasteiger partial charge in [0.05, 0.1) is 6.20 Å². The van der Waals surface area contributed by atoms with Crippen LogP contribution in [0.5, 0.6) is 0 Å². The predicted octanol–water partition coefficient (Wildman–Crippen LogP) is 1.83. The zero-order valence-corrected chi connectivity index (χ0v) is 9.74. The van der Waals surface area contributed by atoms with E-state index in [2.05, 4.69) is 30.6 Å². The zero-order chi connectivity index (χ0) is 10.7. The fourth-order valence-electron chi connectivity index (χ4n) is 2.54. The van der Waals surface area contributed by atoms with Gasteiger partial charge in [0.15, 0.2) is 0 Å². The molecule has 0 amide bonds. The molecule has 2 atom stereocenters. The van der Waals surface area contributed by atoms with E-state index in [0.29, 0.717) is 0 Å². The SMILES string of the molecule is CCn1cc(CC2CCC(NC)C2)cn1. The van der Waals surface area contributed by atoms with Crippen LogP contribution in [-0.2, 0) is 13.0 Å². The molecule has 1 N–H and O–H groups in total. The Labute approximate surface area is 91.9 Å². The molecule has 3 heteroatoms. The molecule has 0 aromatic carbocycles. The van der Waals surface area contributed by atoms with Crippen LogP contribution in [0.3, 0.4) is 0 Å². The molecule has 15 heavy (non-hydrogen) atoms. The van der Waals surface area contributed by atoms with Crippen molar-refractivity contribution in [2.45, 2.75) is 45.2 Å². The summed E-state index contributed by atoms with van der Waals surface area (Å²) in [5.74, 6) is 0.858. The Bertz CT molecular complexity index is 306. The van der Waals surface area contributed by atoms with Crippen molar-refractivity contribution < 1.29 is 0 Å². The van der Waals surface area contributed by atoms with Crippen molar-refractivity contribution in [2.75, 3.05) is 7.05 Å². The van der Waals surface area contributed by atoms with Gasteiger partial charge in [0.1, 0.15) is 0 Å². The first-order valence-electron chi connectivity index (χ1n) is 6.00. The van der Waals surface area contributed by atoms with E-state index >= 15 is 0 Å². The summed E-state index contributed by atoms with van der Waals surface area (Å²) in [5, 5.41) is 7.69. The van der Waals surface area contributed by atoms with Crippen LogP contribution >= 0.6 is 0 Å². The topological polar surface area (TPSA) is 29.9 Å². The molecule has 1 saturated carbocycles. The van der Waals surface area contributed by atoms with Gasteiger partial charge < -0.3 is 5.32 Å². The average Bonchev–Trinajstić information content (AvgIpc) is 2.87. The molecule has 1 aromatic heterocycles. The van der Waals surface area contributed by atoms with Crippen molar-refractivity contribution in [1.82, 2.24) is 15.1 Å². The largest absolute Gasteiger partial charge is 0.317 e. The third-order valence-electron chi connectivity index (χ3n) is 3.48. The maximum atomic E-state index is 4.32. The summed E-state index contributed by atoms with van der Waals surface area (Å²) in [7, 11) is 2.07. The minimum Gasteiger partial charge on any atom is -0.317 e. The van der Waals surface area contributed by atoms with E-state index in [-0.39, 0.29) is 0 Å². The van der Waals surface area contributed by atoms with Crippen molar-refractivity contribution in [2.24, 2.45) is 5.92 Å². The minimum absolute atomic E-state index is 0.747. The van der Waals surface area contributed by atoms with E-state index in [1.165, 1.54) is 31.2 Å². The van der Waals surface area contributed by atoms with E-state index in [4.69, 9.17) is 0 Å². The predicted molar refractivity (Wildman–Crippen MR) is 61.8 cm³/mol. The van der Waals surface area contributed by atoms with Crippen LogP contribution in [0.4, 0.5) is 0 Å². The Balaban J connectivity index is 1.87. The molecule has 84 valence electrons. The number of nitrogens with one attached hydrogen (secondary N) is 1. The Morgan fingerprint density at radius 3 is 3.00 bits per heavy atom. The third kappa shape index (κ3) is 2.59. The lowest BCUT2D eigenvalue weighted by Crippen LogP contribution is -2.21. The standard InChI is InChI=1S/C12H21N3/c1-3-15-9-11(8-14-15)6-10-4-5-12(7-10)13-2/h8-10,12-13H,3-7H2,1-2H3. The van der Waals surface area contributed by atoms with Crippen LogP contribution in [0.2, 0.25) is 0 Å². The number of hydrogen-bond acceptors (Lipinski definition) is 2. The molecule has 1 heterocycles. The van der Waals surface area contributed by atoms with Crippen LogP contribution in [0.25, 0.3) is 0 Å². The highest BCUT2D eigenvalue weighted by Crippen LogP contribution is 2.28. The van der Waals surface area contributed by atoms with Gasteiger partial charge >= 0.3 is 0 Å². The summed E-state index contributed by atoms with van der Waals surface area (Å²) < 4.78 is 2.01. The number of nitrogens with zero attached hydrogens (tertiary/aromatic N) is 2. The van der Waals surface area contributed by atoms with Crippen molar-refractivity contribution >= 4 is 0 Å². The second kappa shape index (κ2) is 4.79. The van der Waals surface area contributed by atoms with Gasteiger partial charge in [-0.1, -0.05) is 0 Å². The molecule has 0 saturated heterocycles. The molecule has 0 spiro atoms. The van der Waals surface area contributed by atoms with E-state index in [0.717, 1.165) is 18.5 Å². The fraction of sp³-hybridized carbons (Fsp3) is 0.750. The summed E-state index contributed by atoms with van der Waals surface area (Å²) in [6.07, 6.45) is 9.45. The number of hydrogen-bond donors (Lipinski definition) is 1. The zero-order valence-electron chi connectivity index (χ0n) is 9.74. The fourth-order valence-corrected chi connectivity index (χ4v) is 2.54. The smallest absolute Gasteiger partial charge is 0.0521 e. The minimum atomic E-state index is 0.747. The number of aromatic nitrogens is 2. The number of rotatable bonds is 4. The van der Waals surface area contributed by atoms with Gasteiger partial charge in [-0.3, -0.25) is 4.68 Å². The first-order chi connectivity index (χ1) is 7.31. The Kier molecular flexibility index (Phi) is 3.41. The molecule has 1 aliphatic carbocycles. The van der Waals surface area contributed by atoms with Crippen molar-refractivity contribution in [1.29, 1.82) is 0 Å². The Hall–Kier alpha value is -0.830. The molecular weight excluding hydrogens is 186 g/mol. The first kappa shape index (κ1) is 10.7. The van der Waals surface area contributed by atoms with Crippen LogP contribution in [0.15, 0.2) is 12.4 Å². The van der Waals surface area contributed by atoms with E-state index in [1.54, 1.807) is 0 Å². The molecule has 1 fully saturated rings. The normalized spacial score (nSPS) is 26.0. The van der Waals surface area contributed by atoms with Gasteiger partial charge in [-0.25, -0.2) is 0 Å². The molecule has 0 bridgehead atoms. The van der Waals surface area contributed by atoms with Gasteiger partial charge in [-0.15, -0.1) is 0 Å². The van der Waals surface area contributed by atoms with Crippen LogP contribution in [0.1, 0.15) is 31.7 Å². The van der Waals surface area contributed by atoms with Gasteiger partial charge in [-0.2, -0.15) is 5.10 Å². The molecule has 3 nitrogen and oxygen atoms in total. The summed E-state index contributed by atoms with van der Waals surface area (Å²) in [6, 6.07) is 0.747. The third-order valence-corrected chi connectivity index (χ3v) is 3.48. The highest BCUT2D eigenvalue weighted by molar-refractivity contribution is 5.06. The number of aryl methyl sites for hydroxylation is 1. The quantitative estimate of drug-likeness (QED) is 0.816. The van der Waals surface area contributed by atoms with Gasteiger partial charge in [0, 0.05) is 18.8 Å². The molecule has 2 unspecified atom stereocenters. The van der Waals surface area contributed by atoms with Gasteiger partial charge in [0.25, 0.3) is 0 Å². The summed E-state index contributed by atoms with van der Waals surface area (Å²) in [5.41, 5.74) is 1.40. The lowest BCUT2D eigenvalue weighted by atomic mass is 10.00. The maximum Gasteiger partial charge on any atom is 0.0521 e. The molecule has 1 aliphatic rings. The van der Waals surface area contributed by atoms with E-state index in [1.807, 2.05) is 10.9 Å². The van der Waals surface area contributed by atoms with Crippen molar-refractivity contribution in [3.8, 4) is 0 Å². The lowest BCUT2D eigenvalue weighted by Gasteiger charge is -2.09. The van der Waals surface area contributed by atoms with Crippen LogP contribution in [0, 0.1) is 5.92 Å². The second-order valence-corrected chi connectivity index (χ2v) is 4.57. The van der Waals surface area contributed by atoms with Crippen LogP contribution in [-0.4, -0.2) is 22.9 Å². The van der Waals surface area contributed by atoms with Crippen LogP contribution < -0.4 is 5.32 Å². The summed E-state index contributed by atoms with van der Waals surface area (Å²) in [6.45, 7) is 3.10. The van der Waals surface area contributed by atoms with E-state index in [9.17, 15) is 0 Å². The molecule has 1 aromatic rings. The van der Waals surface area contributed by atoms with Gasteiger partial charge in [0.2, 0.25) is 0 Å². The monoisotopic (exact) mass is 207 g/mol. The highest BCUT2D eigenvalue weighted by Gasteiger charge is 2.23. The maximum absolute atomic E-state index is 4.32. The van der Waals surface area contributed by atoms with Gasteiger partial charge in [-0.05, 0) is 51.1 Å².